The molecule has 2 unspecified atom stereocenters. The first-order chi connectivity index (χ1) is 12.1. The number of hydrogen-bond donors (Lipinski definition) is 0. The molecule has 2 atom stereocenters. The Bertz CT molecular complexity index is 690. The quantitative estimate of drug-likeness (QED) is 0.837. The highest BCUT2D eigenvalue weighted by molar-refractivity contribution is 5.78. The van der Waals surface area contributed by atoms with Gasteiger partial charge in [0, 0.05) is 13.0 Å². The van der Waals surface area contributed by atoms with Gasteiger partial charge in [-0.1, -0.05) is 30.3 Å². The molecule has 1 heterocycles. The van der Waals surface area contributed by atoms with Crippen LogP contribution in [0.4, 0.5) is 4.39 Å². The van der Waals surface area contributed by atoms with Crippen LogP contribution in [0.15, 0.2) is 54.6 Å². The molecule has 1 aliphatic heterocycles. The lowest BCUT2D eigenvalue weighted by molar-refractivity contribution is -0.146. The van der Waals surface area contributed by atoms with Crippen molar-refractivity contribution in [2.45, 2.75) is 25.5 Å². The highest BCUT2D eigenvalue weighted by Crippen LogP contribution is 2.17. The zero-order valence-corrected chi connectivity index (χ0v) is 14.2. The molecular weight excluding hydrogens is 321 g/mol. The summed E-state index contributed by atoms with van der Waals surface area (Å²) in [6.07, 6.45) is 0.754. The summed E-state index contributed by atoms with van der Waals surface area (Å²) in [4.78, 5) is 14.3. The second-order valence-electron chi connectivity index (χ2n) is 6.28. The van der Waals surface area contributed by atoms with Crippen LogP contribution in [0.25, 0.3) is 0 Å². The minimum atomic E-state index is -0.329. The van der Waals surface area contributed by atoms with Crippen LogP contribution in [0.1, 0.15) is 12.5 Å². The Kier molecular flexibility index (Phi) is 5.66. The second-order valence-corrected chi connectivity index (χ2v) is 6.28. The van der Waals surface area contributed by atoms with E-state index in [0.717, 1.165) is 6.42 Å². The lowest BCUT2D eigenvalue weighted by Gasteiger charge is -2.38. The third-order valence-corrected chi connectivity index (χ3v) is 4.31. The van der Waals surface area contributed by atoms with Crippen LogP contribution in [0.2, 0.25) is 0 Å². The normalized spacial score (nSPS) is 20.3. The maximum Gasteiger partial charge on any atom is 0.260 e. The fraction of sp³-hybridized carbons (Fsp3) is 0.350. The molecule has 4 nitrogen and oxygen atoms in total. The Morgan fingerprint density at radius 1 is 1.20 bits per heavy atom. The van der Waals surface area contributed by atoms with Crippen LogP contribution < -0.4 is 4.74 Å². The number of benzene rings is 2. The molecule has 1 aliphatic rings. The van der Waals surface area contributed by atoms with Crippen LogP contribution >= 0.6 is 0 Å². The Labute approximate surface area is 147 Å². The number of morpholine rings is 1. The SMILES string of the molecule is CC1COC(Cc2ccccc2)CN1C(=O)COc1ccc(F)cc1. The number of hydrogen-bond acceptors (Lipinski definition) is 3. The summed E-state index contributed by atoms with van der Waals surface area (Å²) in [5.74, 6) is 0.0684. The first kappa shape index (κ1) is 17.4. The monoisotopic (exact) mass is 343 g/mol. The van der Waals surface area contributed by atoms with Crippen molar-refractivity contribution >= 4 is 5.91 Å². The molecule has 2 aromatic carbocycles. The summed E-state index contributed by atoms with van der Waals surface area (Å²) in [5.41, 5.74) is 1.19. The topological polar surface area (TPSA) is 38.8 Å². The van der Waals surface area contributed by atoms with Crippen molar-refractivity contribution < 1.29 is 18.7 Å². The van der Waals surface area contributed by atoms with Crippen molar-refractivity contribution in [3.63, 3.8) is 0 Å². The van der Waals surface area contributed by atoms with Crippen molar-refractivity contribution in [3.8, 4) is 5.75 Å². The molecule has 0 saturated carbocycles. The Hall–Kier alpha value is -2.40. The molecule has 3 rings (SSSR count). The van der Waals surface area contributed by atoms with E-state index >= 15 is 0 Å². The minimum Gasteiger partial charge on any atom is -0.484 e. The van der Waals surface area contributed by atoms with Gasteiger partial charge < -0.3 is 14.4 Å². The molecule has 0 N–H and O–H groups in total. The minimum absolute atomic E-state index is 0.0105. The van der Waals surface area contributed by atoms with E-state index in [1.807, 2.05) is 25.1 Å². The largest absolute Gasteiger partial charge is 0.484 e. The molecule has 0 aromatic heterocycles. The zero-order valence-electron chi connectivity index (χ0n) is 14.2. The van der Waals surface area contributed by atoms with Gasteiger partial charge in [0.2, 0.25) is 0 Å². The summed E-state index contributed by atoms with van der Waals surface area (Å²) in [6, 6.07) is 15.8. The van der Waals surface area contributed by atoms with E-state index in [0.29, 0.717) is 18.9 Å². The van der Waals surface area contributed by atoms with Gasteiger partial charge in [-0.25, -0.2) is 4.39 Å². The van der Waals surface area contributed by atoms with Crippen molar-refractivity contribution in [2.24, 2.45) is 0 Å². The van der Waals surface area contributed by atoms with E-state index in [1.54, 1.807) is 4.90 Å². The van der Waals surface area contributed by atoms with Gasteiger partial charge in [-0.2, -0.15) is 0 Å². The molecule has 1 fully saturated rings. The highest BCUT2D eigenvalue weighted by atomic mass is 19.1. The van der Waals surface area contributed by atoms with Crippen LogP contribution in [0, 0.1) is 5.82 Å². The van der Waals surface area contributed by atoms with Crippen LogP contribution in [0.3, 0.4) is 0 Å². The molecule has 0 radical (unpaired) electrons. The van der Waals surface area contributed by atoms with E-state index in [1.165, 1.54) is 29.8 Å². The molecule has 132 valence electrons. The van der Waals surface area contributed by atoms with Crippen molar-refractivity contribution in [1.82, 2.24) is 4.90 Å². The third kappa shape index (κ3) is 4.79. The average molecular weight is 343 g/mol. The van der Waals surface area contributed by atoms with E-state index < -0.39 is 0 Å². The molecule has 0 aliphatic carbocycles. The number of halogens is 1. The van der Waals surface area contributed by atoms with Gasteiger partial charge in [-0.3, -0.25) is 4.79 Å². The van der Waals surface area contributed by atoms with E-state index in [2.05, 4.69) is 12.1 Å². The first-order valence-corrected chi connectivity index (χ1v) is 8.45. The molecule has 25 heavy (non-hydrogen) atoms. The summed E-state index contributed by atoms with van der Waals surface area (Å²) in [6.45, 7) is 2.96. The second kappa shape index (κ2) is 8.12. The van der Waals surface area contributed by atoms with Crippen LogP contribution in [0.5, 0.6) is 5.75 Å². The maximum absolute atomic E-state index is 12.9. The van der Waals surface area contributed by atoms with Crippen LogP contribution in [-0.2, 0) is 16.0 Å². The summed E-state index contributed by atoms with van der Waals surface area (Å²) < 4.78 is 24.3. The number of nitrogens with zero attached hydrogens (tertiary/aromatic N) is 1. The van der Waals surface area contributed by atoms with E-state index in [-0.39, 0.29) is 30.5 Å². The van der Waals surface area contributed by atoms with Crippen molar-refractivity contribution in [2.75, 3.05) is 19.8 Å². The summed E-state index contributed by atoms with van der Waals surface area (Å²) >= 11 is 0. The molecule has 1 amide bonds. The number of amides is 1. The van der Waals surface area contributed by atoms with Gasteiger partial charge in [-0.15, -0.1) is 0 Å². The summed E-state index contributed by atoms with van der Waals surface area (Å²) in [7, 11) is 0. The Morgan fingerprint density at radius 3 is 2.64 bits per heavy atom. The fourth-order valence-electron chi connectivity index (χ4n) is 2.92. The van der Waals surface area contributed by atoms with Crippen LogP contribution in [-0.4, -0.2) is 42.7 Å². The molecule has 0 bridgehead atoms. The molecule has 0 spiro atoms. The van der Waals surface area contributed by atoms with Gasteiger partial charge in [0.15, 0.2) is 6.61 Å². The number of ether oxygens (including phenoxy) is 2. The lowest BCUT2D eigenvalue weighted by Crippen LogP contribution is -2.52. The number of rotatable bonds is 5. The molecule has 5 heteroatoms. The first-order valence-electron chi connectivity index (χ1n) is 8.45. The van der Waals surface area contributed by atoms with Gasteiger partial charge in [0.1, 0.15) is 11.6 Å². The Balaban J connectivity index is 1.55. The van der Waals surface area contributed by atoms with Gasteiger partial charge in [0.25, 0.3) is 5.91 Å². The van der Waals surface area contributed by atoms with Gasteiger partial charge >= 0.3 is 0 Å². The van der Waals surface area contributed by atoms with Gasteiger partial charge in [-0.05, 0) is 36.8 Å². The Morgan fingerprint density at radius 2 is 1.92 bits per heavy atom. The summed E-state index contributed by atoms with van der Waals surface area (Å²) in [5, 5.41) is 0. The molecular formula is C20H22FNO3. The zero-order chi connectivity index (χ0) is 17.6. The molecule has 2 aromatic rings. The highest BCUT2D eigenvalue weighted by Gasteiger charge is 2.29. The standard InChI is InChI=1S/C20H22FNO3/c1-15-13-24-19(11-16-5-3-2-4-6-16)12-22(15)20(23)14-25-18-9-7-17(21)8-10-18/h2-10,15,19H,11-14H2,1H3. The van der Waals surface area contributed by atoms with Gasteiger partial charge in [0.05, 0.1) is 18.8 Å². The van der Waals surface area contributed by atoms with E-state index in [4.69, 9.17) is 9.47 Å². The lowest BCUT2D eigenvalue weighted by atomic mass is 10.1. The molecule has 1 saturated heterocycles. The average Bonchev–Trinajstić information content (AvgIpc) is 2.63. The van der Waals surface area contributed by atoms with E-state index in [9.17, 15) is 9.18 Å². The van der Waals surface area contributed by atoms with Crippen molar-refractivity contribution in [1.29, 1.82) is 0 Å². The smallest absolute Gasteiger partial charge is 0.260 e. The fourth-order valence-corrected chi connectivity index (χ4v) is 2.92. The predicted molar refractivity (Wildman–Crippen MR) is 93.0 cm³/mol. The maximum atomic E-state index is 12.9. The number of carbonyl (C=O) groups excluding carboxylic acids is 1. The van der Waals surface area contributed by atoms with Crippen molar-refractivity contribution in [3.05, 3.63) is 66.0 Å². The third-order valence-electron chi connectivity index (χ3n) is 4.31. The number of carbonyl (C=O) groups is 1. The predicted octanol–water partition coefficient (Wildman–Crippen LogP) is 3.06.